The van der Waals surface area contributed by atoms with E-state index in [0.29, 0.717) is 24.9 Å². The summed E-state index contributed by atoms with van der Waals surface area (Å²) in [4.78, 5) is 22.8. The van der Waals surface area contributed by atoms with Crippen molar-refractivity contribution in [3.05, 3.63) is 53.6 Å². The first-order valence-electron chi connectivity index (χ1n) is 9.21. The van der Waals surface area contributed by atoms with Gasteiger partial charge in [0.1, 0.15) is 11.4 Å². The third kappa shape index (κ3) is 6.90. The molecule has 13 heteroatoms. The summed E-state index contributed by atoms with van der Waals surface area (Å²) in [5, 5.41) is 17.8. The average molecular weight is 437 g/mol. The lowest BCUT2D eigenvalue weighted by atomic mass is 10.2. The maximum Gasteiger partial charge on any atom is 0.573 e. The SMILES string of the molecule is O=Cc1cn(CCCCn2cc(C(=O)NCc3cccc(OC(F)(F)F)c3)nn2)nn1. The van der Waals surface area contributed by atoms with E-state index in [9.17, 15) is 22.8 Å². The second-order valence-electron chi connectivity index (χ2n) is 6.48. The number of nitrogens with one attached hydrogen (secondary N) is 1. The largest absolute Gasteiger partial charge is 0.573 e. The summed E-state index contributed by atoms with van der Waals surface area (Å²) in [5.74, 6) is -0.865. The Bertz CT molecular complexity index is 1030. The quantitative estimate of drug-likeness (QED) is 0.381. The van der Waals surface area contributed by atoms with E-state index in [1.807, 2.05) is 0 Å². The molecule has 3 rings (SSSR count). The summed E-state index contributed by atoms with van der Waals surface area (Å²) < 4.78 is 43.8. The number of benzene rings is 1. The predicted octanol–water partition coefficient (Wildman–Crippen LogP) is 1.99. The molecule has 0 saturated heterocycles. The van der Waals surface area contributed by atoms with Crippen LogP contribution in [0, 0.1) is 0 Å². The van der Waals surface area contributed by atoms with Gasteiger partial charge in [0.2, 0.25) is 0 Å². The maximum atomic E-state index is 12.3. The summed E-state index contributed by atoms with van der Waals surface area (Å²) in [6.45, 7) is 1.10. The molecule has 31 heavy (non-hydrogen) atoms. The van der Waals surface area contributed by atoms with Gasteiger partial charge in [-0.2, -0.15) is 0 Å². The molecule has 10 nitrogen and oxygen atoms in total. The van der Waals surface area contributed by atoms with Crippen LogP contribution in [0.4, 0.5) is 13.2 Å². The van der Waals surface area contributed by atoms with Crippen molar-refractivity contribution in [3.8, 4) is 5.75 Å². The topological polar surface area (TPSA) is 117 Å². The van der Waals surface area contributed by atoms with Crippen molar-refractivity contribution in [1.29, 1.82) is 0 Å². The van der Waals surface area contributed by atoms with Crippen molar-refractivity contribution in [1.82, 2.24) is 35.3 Å². The number of hydrogen-bond donors (Lipinski definition) is 1. The highest BCUT2D eigenvalue weighted by atomic mass is 19.4. The number of carbonyl (C=O) groups excluding carboxylic acids is 2. The molecule has 3 aromatic rings. The smallest absolute Gasteiger partial charge is 0.406 e. The van der Waals surface area contributed by atoms with E-state index in [-0.39, 0.29) is 23.7 Å². The lowest BCUT2D eigenvalue weighted by molar-refractivity contribution is -0.274. The molecule has 0 aliphatic heterocycles. The average Bonchev–Trinajstić information content (AvgIpc) is 3.38. The second-order valence-corrected chi connectivity index (χ2v) is 6.48. The first kappa shape index (κ1) is 21.9. The molecular formula is C18H18F3N7O3. The third-order valence-corrected chi connectivity index (χ3v) is 4.06. The predicted molar refractivity (Wildman–Crippen MR) is 99.0 cm³/mol. The highest BCUT2D eigenvalue weighted by Crippen LogP contribution is 2.23. The summed E-state index contributed by atoms with van der Waals surface area (Å²) in [6, 6.07) is 5.33. The van der Waals surface area contributed by atoms with Crippen LogP contribution in [0.25, 0.3) is 0 Å². The zero-order valence-corrected chi connectivity index (χ0v) is 16.1. The zero-order chi connectivity index (χ0) is 22.3. The molecule has 0 fully saturated rings. The normalized spacial score (nSPS) is 11.3. The van der Waals surface area contributed by atoms with Gasteiger partial charge in [-0.15, -0.1) is 23.4 Å². The van der Waals surface area contributed by atoms with Gasteiger partial charge < -0.3 is 10.1 Å². The van der Waals surface area contributed by atoms with Gasteiger partial charge in [-0.05, 0) is 30.5 Å². The number of rotatable bonds is 10. The Kier molecular flexibility index (Phi) is 6.95. The lowest BCUT2D eigenvalue weighted by Crippen LogP contribution is -2.23. The number of hydrogen-bond acceptors (Lipinski definition) is 7. The van der Waals surface area contributed by atoms with Gasteiger partial charge in [0.05, 0.1) is 12.4 Å². The van der Waals surface area contributed by atoms with Crippen molar-refractivity contribution in [2.24, 2.45) is 0 Å². The lowest BCUT2D eigenvalue weighted by Gasteiger charge is -2.10. The van der Waals surface area contributed by atoms with Crippen molar-refractivity contribution < 1.29 is 27.5 Å². The van der Waals surface area contributed by atoms with E-state index in [1.165, 1.54) is 29.1 Å². The highest BCUT2D eigenvalue weighted by molar-refractivity contribution is 5.91. The van der Waals surface area contributed by atoms with Crippen LogP contribution in [0.2, 0.25) is 0 Å². The van der Waals surface area contributed by atoms with Crippen molar-refractivity contribution in [3.63, 3.8) is 0 Å². The van der Waals surface area contributed by atoms with Crippen LogP contribution >= 0.6 is 0 Å². The molecule has 0 aliphatic rings. The van der Waals surface area contributed by atoms with Crippen molar-refractivity contribution >= 4 is 12.2 Å². The molecule has 0 saturated carbocycles. The van der Waals surface area contributed by atoms with Crippen LogP contribution in [-0.4, -0.2) is 48.5 Å². The fraction of sp³-hybridized carbons (Fsp3) is 0.333. The van der Waals surface area contributed by atoms with E-state index in [4.69, 9.17) is 0 Å². The van der Waals surface area contributed by atoms with Gasteiger partial charge in [0, 0.05) is 19.6 Å². The number of halogens is 3. The molecule has 0 unspecified atom stereocenters. The van der Waals surface area contributed by atoms with Crippen LogP contribution in [0.1, 0.15) is 39.4 Å². The van der Waals surface area contributed by atoms with Crippen LogP contribution in [0.15, 0.2) is 36.7 Å². The van der Waals surface area contributed by atoms with Gasteiger partial charge in [0.25, 0.3) is 5.91 Å². The number of nitrogens with zero attached hydrogens (tertiary/aromatic N) is 6. The molecule has 1 aromatic carbocycles. The molecule has 164 valence electrons. The Morgan fingerprint density at radius 3 is 2.48 bits per heavy atom. The van der Waals surface area contributed by atoms with E-state index < -0.39 is 12.3 Å². The zero-order valence-electron chi connectivity index (χ0n) is 16.1. The number of aromatic nitrogens is 6. The Balaban J connectivity index is 1.43. The van der Waals surface area contributed by atoms with Crippen LogP contribution in [0.3, 0.4) is 0 Å². The fourth-order valence-corrected chi connectivity index (χ4v) is 2.66. The first-order chi connectivity index (χ1) is 14.8. The Labute approximate surface area is 174 Å². The van der Waals surface area contributed by atoms with Crippen LogP contribution < -0.4 is 10.1 Å². The van der Waals surface area contributed by atoms with Crippen LogP contribution in [-0.2, 0) is 19.6 Å². The summed E-state index contributed by atoms with van der Waals surface area (Å²) in [7, 11) is 0. The third-order valence-electron chi connectivity index (χ3n) is 4.06. The van der Waals surface area contributed by atoms with Gasteiger partial charge >= 0.3 is 6.36 Å². The maximum absolute atomic E-state index is 12.3. The Hall–Kier alpha value is -3.77. The fourth-order valence-electron chi connectivity index (χ4n) is 2.66. The van der Waals surface area contributed by atoms with Gasteiger partial charge in [0.15, 0.2) is 12.0 Å². The highest BCUT2D eigenvalue weighted by Gasteiger charge is 2.31. The number of amides is 1. The molecule has 1 N–H and O–H groups in total. The number of unbranched alkanes of at least 4 members (excludes halogenated alkanes) is 1. The van der Waals surface area contributed by atoms with E-state index in [0.717, 1.165) is 12.8 Å². The van der Waals surface area contributed by atoms with Crippen molar-refractivity contribution in [2.75, 3.05) is 0 Å². The molecule has 0 spiro atoms. The number of aryl methyl sites for hydroxylation is 2. The number of aldehydes is 1. The summed E-state index contributed by atoms with van der Waals surface area (Å²) >= 11 is 0. The molecular weight excluding hydrogens is 419 g/mol. The molecule has 2 heterocycles. The Morgan fingerprint density at radius 2 is 1.81 bits per heavy atom. The molecule has 0 bridgehead atoms. The monoisotopic (exact) mass is 437 g/mol. The van der Waals surface area contributed by atoms with Crippen molar-refractivity contribution in [2.45, 2.75) is 38.8 Å². The first-order valence-corrected chi connectivity index (χ1v) is 9.21. The second kappa shape index (κ2) is 9.82. The minimum Gasteiger partial charge on any atom is -0.406 e. The summed E-state index contributed by atoms with van der Waals surface area (Å²) in [6.07, 6.45) is 0.354. The number of alkyl halides is 3. The minimum absolute atomic E-state index is 0.00142. The molecule has 0 atom stereocenters. The molecule has 1 amide bonds. The van der Waals surface area contributed by atoms with Gasteiger partial charge in [-0.1, -0.05) is 22.6 Å². The molecule has 0 aliphatic carbocycles. The Morgan fingerprint density at radius 1 is 1.10 bits per heavy atom. The summed E-state index contributed by atoms with van der Waals surface area (Å²) in [5.41, 5.74) is 0.800. The number of ether oxygens (including phenoxy) is 1. The number of carbonyl (C=O) groups is 2. The van der Waals surface area contributed by atoms with E-state index in [2.05, 4.69) is 30.7 Å². The molecule has 0 radical (unpaired) electrons. The van der Waals surface area contributed by atoms with Gasteiger partial charge in [-0.25, -0.2) is 0 Å². The van der Waals surface area contributed by atoms with Gasteiger partial charge in [-0.3, -0.25) is 19.0 Å². The van der Waals surface area contributed by atoms with Crippen LogP contribution in [0.5, 0.6) is 5.75 Å². The minimum atomic E-state index is -4.78. The van der Waals surface area contributed by atoms with E-state index in [1.54, 1.807) is 16.9 Å². The standard InChI is InChI=1S/C18H18F3N7O3/c19-18(20,21)31-15-5-3-4-13(8-15)9-22-17(30)16-11-28(26-24-16)7-2-1-6-27-10-14(12-29)23-25-27/h3-5,8,10-12H,1-2,6-7,9H2,(H,22,30). The van der Waals surface area contributed by atoms with E-state index >= 15 is 0 Å². The molecule has 2 aromatic heterocycles.